The number of likely N-dealkylation sites (N-methyl/N-ethyl adjacent to an activating group) is 2. The second-order valence-electron chi connectivity index (χ2n) is 18.7. The monoisotopic (exact) mass is 1040 g/mol. The number of hydrogen-bond donors (Lipinski definition) is 4. The lowest BCUT2D eigenvalue weighted by Crippen LogP contribution is -2.48. The molecule has 2 amide bonds. The van der Waals surface area contributed by atoms with Crippen LogP contribution < -0.4 is 30.5 Å². The number of carbonyl (C=O) groups is 2. The van der Waals surface area contributed by atoms with Gasteiger partial charge in [-0.1, -0.05) is 30.8 Å². The van der Waals surface area contributed by atoms with E-state index < -0.39 is 12.0 Å². The molecule has 20 nitrogen and oxygen atoms in total. The Morgan fingerprint density at radius 2 is 1.85 bits per heavy atom. The van der Waals surface area contributed by atoms with Crippen molar-refractivity contribution in [3.8, 4) is 17.0 Å². The summed E-state index contributed by atoms with van der Waals surface area (Å²) < 4.78 is 16.2. The van der Waals surface area contributed by atoms with Crippen molar-refractivity contribution in [2.45, 2.75) is 32.4 Å². The van der Waals surface area contributed by atoms with Crippen LogP contribution in [-0.4, -0.2) is 140 Å². The Kier molecular flexibility index (Phi) is 13.4. The van der Waals surface area contributed by atoms with Crippen molar-refractivity contribution in [1.82, 2.24) is 53.9 Å². The van der Waals surface area contributed by atoms with E-state index >= 15 is 0 Å². The minimum Gasteiger partial charge on any atom is -0.494 e. The van der Waals surface area contributed by atoms with Crippen LogP contribution >= 0.6 is 15.9 Å². The first kappa shape index (κ1) is 47.9. The maximum atomic E-state index is 14.0. The quantitative estimate of drug-likeness (QED) is 0.0688. The number of halogens is 1. The lowest BCUT2D eigenvalue weighted by Gasteiger charge is -2.35. The van der Waals surface area contributed by atoms with Gasteiger partial charge in [0.25, 0.3) is 5.91 Å². The summed E-state index contributed by atoms with van der Waals surface area (Å²) in [6, 6.07) is 19.7. The fourth-order valence-electron chi connectivity index (χ4n) is 9.55. The molecule has 0 saturated carbocycles. The van der Waals surface area contributed by atoms with Gasteiger partial charge in [0.2, 0.25) is 17.8 Å². The number of hydrogen-bond acceptors (Lipinski definition) is 15. The van der Waals surface area contributed by atoms with E-state index in [-0.39, 0.29) is 24.1 Å². The minimum atomic E-state index is -0.510. The zero-order chi connectivity index (χ0) is 50.2. The number of benzene rings is 3. The van der Waals surface area contributed by atoms with Gasteiger partial charge in [-0.3, -0.25) is 4.79 Å². The molecule has 7 heterocycles. The van der Waals surface area contributed by atoms with E-state index in [0.29, 0.717) is 79.0 Å². The number of nitrogens with one attached hydrogen (secondary N) is 4. The number of para-hydroxylation sites is 1. The number of H-pyrrole nitrogens is 1. The van der Waals surface area contributed by atoms with Crippen molar-refractivity contribution in [3.63, 3.8) is 0 Å². The molecular formula is C51H57BrN16O4. The van der Waals surface area contributed by atoms with Crippen molar-refractivity contribution in [1.29, 1.82) is 0 Å². The molecule has 8 aromatic rings. The molecule has 372 valence electrons. The fourth-order valence-corrected chi connectivity index (χ4v) is 9.90. The first-order valence-electron chi connectivity index (χ1n) is 23.8. The maximum absolute atomic E-state index is 14.0. The summed E-state index contributed by atoms with van der Waals surface area (Å²) in [6.45, 7) is 9.26. The molecule has 2 aliphatic heterocycles. The predicted molar refractivity (Wildman–Crippen MR) is 283 cm³/mol. The molecule has 72 heavy (non-hydrogen) atoms. The van der Waals surface area contributed by atoms with Gasteiger partial charge in [-0.2, -0.15) is 19.6 Å². The predicted octanol–water partition coefficient (Wildman–Crippen LogP) is 7.61. The number of aryl methyl sites for hydroxylation is 2. The van der Waals surface area contributed by atoms with Crippen molar-refractivity contribution < 1.29 is 19.1 Å². The third-order valence-electron chi connectivity index (χ3n) is 13.3. The fraction of sp³-hybridized carbons (Fsp3) is 0.333. The van der Waals surface area contributed by atoms with Crippen LogP contribution in [-0.2, 0) is 23.1 Å². The average Bonchev–Trinajstić information content (AvgIpc) is 4.18. The number of methoxy groups -OCH3 is 1. The molecule has 0 aliphatic carbocycles. The van der Waals surface area contributed by atoms with E-state index in [1.165, 1.54) is 0 Å². The molecule has 21 heteroatoms. The molecular weight excluding hydrogens is 981 g/mol. The Bertz CT molecular complexity index is 3350. The molecule has 0 unspecified atom stereocenters. The number of nitrogens with zero attached hydrogens (tertiary/aromatic N) is 12. The third-order valence-corrected chi connectivity index (χ3v) is 13.9. The molecule has 2 atom stereocenters. The van der Waals surface area contributed by atoms with Crippen molar-refractivity contribution in [2.75, 3.05) is 93.3 Å². The number of anilines is 6. The summed E-state index contributed by atoms with van der Waals surface area (Å²) in [4.78, 5) is 63.3. The van der Waals surface area contributed by atoms with Gasteiger partial charge in [0.1, 0.15) is 18.2 Å². The SMILES string of the molecule is C=C(COC(=O)N1CCC[C@H]2CN(c3nc(NCc4nc5ccc(C)cc5[nH]4)n4ncc(Br)c4n3)C[C@H]21)C(=O)Nc1cc(Nc2nccc(-c3cn(C)c4ccccc34)n2)c(OC)cc1N(C)CCN(C)C. The summed E-state index contributed by atoms with van der Waals surface area (Å²) in [5.74, 6) is 2.31. The smallest absolute Gasteiger partial charge is 0.410 e. The Morgan fingerprint density at radius 1 is 1.00 bits per heavy atom. The van der Waals surface area contributed by atoms with E-state index in [2.05, 4.69) is 92.3 Å². The first-order valence-corrected chi connectivity index (χ1v) is 24.6. The highest BCUT2D eigenvalue weighted by Gasteiger charge is 2.43. The number of carbonyl (C=O) groups excluding carboxylic acids is 2. The summed E-state index contributed by atoms with van der Waals surface area (Å²) in [5, 5.41) is 15.4. The highest BCUT2D eigenvalue weighted by atomic mass is 79.9. The maximum Gasteiger partial charge on any atom is 0.410 e. The van der Waals surface area contributed by atoms with E-state index in [4.69, 9.17) is 29.4 Å². The molecule has 0 bridgehead atoms. The number of aromatic nitrogens is 9. The van der Waals surface area contributed by atoms with Gasteiger partial charge >= 0.3 is 6.09 Å². The number of imidazole rings is 1. The zero-order valence-electron chi connectivity index (χ0n) is 41.1. The van der Waals surface area contributed by atoms with Crippen molar-refractivity contribution in [3.05, 3.63) is 107 Å². The van der Waals surface area contributed by atoms with Crippen molar-refractivity contribution >= 4 is 90.4 Å². The molecule has 0 spiro atoms. The Morgan fingerprint density at radius 3 is 2.68 bits per heavy atom. The zero-order valence-corrected chi connectivity index (χ0v) is 42.7. The topological polar surface area (TPSA) is 204 Å². The Balaban J connectivity index is 0.819. The third kappa shape index (κ3) is 9.80. The van der Waals surface area contributed by atoms with Crippen LogP contribution in [0.4, 0.5) is 39.7 Å². The number of piperidine rings is 1. The summed E-state index contributed by atoms with van der Waals surface area (Å²) in [7, 11) is 9.56. The summed E-state index contributed by atoms with van der Waals surface area (Å²) in [6.07, 6.45) is 6.68. The van der Waals surface area contributed by atoms with Gasteiger partial charge in [0.15, 0.2) is 5.65 Å². The highest BCUT2D eigenvalue weighted by molar-refractivity contribution is 9.10. The highest BCUT2D eigenvalue weighted by Crippen LogP contribution is 2.39. The Labute approximate surface area is 424 Å². The molecule has 0 radical (unpaired) electrons. The number of fused-ring (bicyclic) bond motifs is 4. The van der Waals surface area contributed by atoms with Gasteiger partial charge in [-0.25, -0.2) is 19.7 Å². The largest absolute Gasteiger partial charge is 0.494 e. The molecule has 2 fully saturated rings. The van der Waals surface area contributed by atoms with Crippen LogP contribution in [0.3, 0.4) is 0 Å². The molecule has 2 saturated heterocycles. The minimum absolute atomic E-state index is 0.0779. The molecule has 3 aromatic carbocycles. The second-order valence-corrected chi connectivity index (χ2v) is 19.5. The van der Waals surface area contributed by atoms with Crippen molar-refractivity contribution in [2.24, 2.45) is 13.0 Å². The molecule has 4 N–H and O–H groups in total. The van der Waals surface area contributed by atoms with Gasteiger partial charge in [-0.15, -0.1) is 0 Å². The summed E-state index contributed by atoms with van der Waals surface area (Å²) in [5.41, 5.74) is 8.23. The lowest BCUT2D eigenvalue weighted by atomic mass is 9.92. The van der Waals surface area contributed by atoms with Crippen LogP contribution in [0.2, 0.25) is 0 Å². The van der Waals surface area contributed by atoms with Gasteiger partial charge < -0.3 is 54.6 Å². The molecule has 10 rings (SSSR count). The van der Waals surface area contributed by atoms with E-state index in [9.17, 15) is 9.59 Å². The number of aromatic amines is 1. The first-order chi connectivity index (χ1) is 34.8. The number of ether oxygens (including phenoxy) is 2. The average molecular weight is 1040 g/mol. The number of likely N-dealkylation sites (tertiary alicyclic amines) is 1. The lowest BCUT2D eigenvalue weighted by molar-refractivity contribution is -0.113. The van der Waals surface area contributed by atoms with Crippen LogP contribution in [0.1, 0.15) is 24.2 Å². The molecule has 5 aromatic heterocycles. The van der Waals surface area contributed by atoms with E-state index in [0.717, 1.165) is 68.4 Å². The van der Waals surface area contributed by atoms with Crippen LogP contribution in [0, 0.1) is 12.8 Å². The van der Waals surface area contributed by atoms with Gasteiger partial charge in [0, 0.05) is 87.3 Å². The Hall–Kier alpha value is -7.78. The van der Waals surface area contributed by atoms with Crippen LogP contribution in [0.5, 0.6) is 5.75 Å². The number of amides is 2. The number of rotatable bonds is 16. The standard InChI is InChI=1S/C51H57BrN16O4/c1-30-14-15-37-38(21-30)57-45(56-37)25-54-49-62-50(61-46-35(52)24-55-68(46)49)66-26-32-11-10-18-67(43(32)28-66)51(70)72-29-31(2)47(69)58-39-22-40(44(71-7)23-42(39)64(5)20-19-63(3)4)60-48-53-17-16-36(59-48)34-27-65(6)41-13-9-8-12-33(34)41/h8-9,12-17,21-24,27,32,43H,2,10-11,18-20,25-26,28-29H2,1,3-7H3,(H,56,57)(H,58,69)(H,53,59,60)(H,54,61,62)/t32-,43+/m0/s1. The van der Waals surface area contributed by atoms with Crippen LogP contribution in [0.15, 0.2) is 95.9 Å². The van der Waals surface area contributed by atoms with Gasteiger partial charge in [-0.05, 0) is 91.6 Å². The molecule has 2 aliphatic rings. The van der Waals surface area contributed by atoms with Crippen LogP contribution in [0.25, 0.3) is 38.8 Å². The normalized spacial score (nSPS) is 15.6. The second kappa shape index (κ2) is 20.1. The van der Waals surface area contributed by atoms with E-state index in [1.54, 1.807) is 35.0 Å². The van der Waals surface area contributed by atoms with Gasteiger partial charge in [0.05, 0.1) is 64.2 Å². The van der Waals surface area contributed by atoms with E-state index in [1.807, 2.05) is 76.4 Å². The summed E-state index contributed by atoms with van der Waals surface area (Å²) >= 11 is 3.61.